The summed E-state index contributed by atoms with van der Waals surface area (Å²) in [6.45, 7) is 7.95. The molecule has 2 N–H and O–H groups in total. The van der Waals surface area contributed by atoms with Crippen LogP contribution in [0.1, 0.15) is 63.1 Å². The van der Waals surface area contributed by atoms with Crippen LogP contribution < -0.4 is 15.0 Å². The van der Waals surface area contributed by atoms with Crippen LogP contribution in [0.5, 0.6) is 5.88 Å². The minimum Gasteiger partial charge on any atom is -0.474 e. The van der Waals surface area contributed by atoms with E-state index >= 15 is 0 Å². The molecule has 1 amide bonds. The third kappa shape index (κ3) is 6.15. The van der Waals surface area contributed by atoms with Crippen molar-refractivity contribution in [3.05, 3.63) is 53.3 Å². The van der Waals surface area contributed by atoms with E-state index in [9.17, 15) is 15.2 Å². The van der Waals surface area contributed by atoms with Crippen LogP contribution >= 0.6 is 0 Å². The molecular formula is C31H36N6O5. The number of fused-ring (bicyclic) bond motifs is 1. The number of anilines is 3. The molecule has 2 aromatic heterocycles. The molecule has 11 nitrogen and oxygen atoms in total. The predicted octanol–water partition coefficient (Wildman–Crippen LogP) is 5.06. The summed E-state index contributed by atoms with van der Waals surface area (Å²) >= 11 is 0. The first-order valence-corrected chi connectivity index (χ1v) is 14.0. The second-order valence-corrected chi connectivity index (χ2v) is 11.9. The molecule has 2 aliphatic rings. The lowest BCUT2D eigenvalue weighted by Crippen LogP contribution is -2.40. The number of pyridine rings is 1. The Balaban J connectivity index is 1.50. The van der Waals surface area contributed by atoms with E-state index in [1.165, 1.54) is 4.90 Å². The van der Waals surface area contributed by atoms with E-state index in [0.717, 1.165) is 18.4 Å². The van der Waals surface area contributed by atoms with Gasteiger partial charge in [-0.2, -0.15) is 5.26 Å². The molecule has 1 saturated carbocycles. The summed E-state index contributed by atoms with van der Waals surface area (Å²) in [6, 6.07) is 9.57. The molecule has 5 rings (SSSR count). The van der Waals surface area contributed by atoms with Gasteiger partial charge in [0.2, 0.25) is 11.8 Å². The number of ether oxygens (including phenoxy) is 3. The van der Waals surface area contributed by atoms with Gasteiger partial charge in [-0.05, 0) is 74.9 Å². The highest BCUT2D eigenvalue weighted by molar-refractivity contribution is 5.95. The van der Waals surface area contributed by atoms with Crippen LogP contribution in [0, 0.1) is 11.3 Å². The standard InChI is InChI=1S/C31H36N6O5/c1-30(2,3)42-29(39)37-17-31(4,18-38)23-13-20(12-21(15-32)26(23)37)24-8-9-33-28(35-24)36-25-14-22(19-6-7-19)16-34-27(25)41-11-10-40-5/h8-9,12-14,16,19,38H,6-7,10-11,17-18H2,1-5H3,(H,33,35,36)/t31-/m1/s1. The Morgan fingerprint density at radius 1 is 1.24 bits per heavy atom. The number of aromatic nitrogens is 3. The maximum atomic E-state index is 13.1. The fourth-order valence-electron chi connectivity index (χ4n) is 4.97. The number of nitriles is 1. The quantitative estimate of drug-likeness (QED) is 0.334. The molecule has 0 radical (unpaired) electrons. The molecule has 0 unspecified atom stereocenters. The Morgan fingerprint density at radius 2 is 2.02 bits per heavy atom. The first-order chi connectivity index (χ1) is 20.0. The van der Waals surface area contributed by atoms with Gasteiger partial charge in [0.15, 0.2) is 0 Å². The van der Waals surface area contributed by atoms with Crippen LogP contribution in [-0.4, -0.2) is 65.2 Å². The Morgan fingerprint density at radius 3 is 2.69 bits per heavy atom. The van der Waals surface area contributed by atoms with Crippen LogP contribution in [0.25, 0.3) is 11.3 Å². The number of carbonyl (C=O) groups is 1. The van der Waals surface area contributed by atoms with Crippen molar-refractivity contribution in [3.8, 4) is 23.2 Å². The van der Waals surface area contributed by atoms with Crippen molar-refractivity contribution in [2.45, 2.75) is 57.5 Å². The molecule has 11 heteroatoms. The zero-order chi connectivity index (χ0) is 30.1. The van der Waals surface area contributed by atoms with Crippen molar-refractivity contribution in [1.29, 1.82) is 5.26 Å². The lowest BCUT2D eigenvalue weighted by Gasteiger charge is -2.26. The van der Waals surface area contributed by atoms with Gasteiger partial charge >= 0.3 is 6.09 Å². The number of aliphatic hydroxyl groups is 1. The number of hydrogen-bond donors (Lipinski definition) is 2. The highest BCUT2D eigenvalue weighted by Crippen LogP contribution is 2.45. The average molecular weight is 573 g/mol. The Labute approximate surface area is 245 Å². The van der Waals surface area contributed by atoms with E-state index in [2.05, 4.69) is 21.4 Å². The van der Waals surface area contributed by atoms with Crippen molar-refractivity contribution in [2.24, 2.45) is 0 Å². The number of hydrogen-bond acceptors (Lipinski definition) is 10. The molecule has 3 heterocycles. The van der Waals surface area contributed by atoms with Gasteiger partial charge in [-0.1, -0.05) is 6.92 Å². The van der Waals surface area contributed by atoms with E-state index in [0.29, 0.717) is 59.2 Å². The first-order valence-electron chi connectivity index (χ1n) is 14.0. The van der Waals surface area contributed by atoms with Crippen molar-refractivity contribution in [2.75, 3.05) is 43.7 Å². The second kappa shape index (κ2) is 11.5. The summed E-state index contributed by atoms with van der Waals surface area (Å²) in [5.74, 6) is 1.25. The minimum absolute atomic E-state index is 0.179. The van der Waals surface area contributed by atoms with E-state index in [4.69, 9.17) is 19.2 Å². The van der Waals surface area contributed by atoms with Crippen LogP contribution in [0.15, 0.2) is 36.7 Å². The van der Waals surface area contributed by atoms with E-state index in [1.54, 1.807) is 46.2 Å². The first kappa shape index (κ1) is 29.2. The van der Waals surface area contributed by atoms with Crippen LogP contribution in [0.3, 0.4) is 0 Å². The number of carbonyl (C=O) groups excluding carboxylic acids is 1. The SMILES string of the molecule is COCCOc1ncc(C2CC2)cc1Nc1nccc(-c2cc(C#N)c3c(c2)[C@@](C)(CO)CN3C(=O)OC(C)(C)C)n1. The summed E-state index contributed by atoms with van der Waals surface area (Å²) in [4.78, 5) is 28.2. The third-order valence-electron chi connectivity index (χ3n) is 7.27. The number of nitrogens with zero attached hydrogens (tertiary/aromatic N) is 5. The third-order valence-corrected chi connectivity index (χ3v) is 7.27. The number of aliphatic hydroxyl groups excluding tert-OH is 1. The van der Waals surface area contributed by atoms with Gasteiger partial charge < -0.3 is 24.6 Å². The smallest absolute Gasteiger partial charge is 0.414 e. The maximum Gasteiger partial charge on any atom is 0.414 e. The minimum atomic E-state index is -0.800. The number of nitrogens with one attached hydrogen (secondary N) is 1. The molecule has 1 fully saturated rings. The fraction of sp³-hybridized carbons (Fsp3) is 0.452. The molecule has 0 bridgehead atoms. The van der Waals surface area contributed by atoms with E-state index in [-0.39, 0.29) is 18.7 Å². The van der Waals surface area contributed by atoms with Crippen molar-refractivity contribution in [3.63, 3.8) is 0 Å². The second-order valence-electron chi connectivity index (χ2n) is 11.9. The van der Waals surface area contributed by atoms with Crippen molar-refractivity contribution in [1.82, 2.24) is 15.0 Å². The molecule has 1 aliphatic carbocycles. The lowest BCUT2D eigenvalue weighted by molar-refractivity contribution is 0.0575. The van der Waals surface area contributed by atoms with Gasteiger partial charge in [-0.15, -0.1) is 0 Å². The summed E-state index contributed by atoms with van der Waals surface area (Å²) in [5.41, 5.74) is 2.89. The number of methoxy groups -OCH3 is 1. The molecule has 3 aromatic rings. The van der Waals surface area contributed by atoms with Gasteiger partial charge in [0.1, 0.15) is 24.0 Å². The lowest BCUT2D eigenvalue weighted by atomic mass is 9.83. The highest BCUT2D eigenvalue weighted by atomic mass is 16.6. The monoisotopic (exact) mass is 572 g/mol. The number of amides is 1. The van der Waals surface area contributed by atoms with Gasteiger partial charge in [0, 0.05) is 37.0 Å². The van der Waals surface area contributed by atoms with Crippen LogP contribution in [0.2, 0.25) is 0 Å². The van der Waals surface area contributed by atoms with Gasteiger partial charge in [-0.3, -0.25) is 4.90 Å². The van der Waals surface area contributed by atoms with Crippen LogP contribution in [-0.2, 0) is 14.9 Å². The molecule has 1 aromatic carbocycles. The Kier molecular flexibility index (Phi) is 8.03. The summed E-state index contributed by atoms with van der Waals surface area (Å²) in [5, 5.41) is 23.8. The average Bonchev–Trinajstić information content (AvgIpc) is 3.76. The summed E-state index contributed by atoms with van der Waals surface area (Å²) in [7, 11) is 1.61. The molecule has 0 saturated heterocycles. The van der Waals surface area contributed by atoms with E-state index < -0.39 is 17.1 Å². The topological polar surface area (TPSA) is 143 Å². The normalized spacial score (nSPS) is 17.9. The molecule has 0 spiro atoms. The predicted molar refractivity (Wildman–Crippen MR) is 157 cm³/mol. The van der Waals surface area contributed by atoms with Crippen molar-refractivity contribution < 1.29 is 24.1 Å². The molecule has 42 heavy (non-hydrogen) atoms. The largest absolute Gasteiger partial charge is 0.474 e. The Hall–Kier alpha value is -4.27. The number of rotatable bonds is 9. The van der Waals surface area contributed by atoms with Gasteiger partial charge in [0.05, 0.1) is 30.2 Å². The van der Waals surface area contributed by atoms with Gasteiger partial charge in [-0.25, -0.2) is 19.7 Å². The fourth-order valence-corrected chi connectivity index (χ4v) is 4.97. The maximum absolute atomic E-state index is 13.1. The summed E-state index contributed by atoms with van der Waals surface area (Å²) < 4.78 is 16.6. The zero-order valence-corrected chi connectivity index (χ0v) is 24.6. The number of benzene rings is 1. The van der Waals surface area contributed by atoms with Gasteiger partial charge in [0.25, 0.3) is 0 Å². The highest BCUT2D eigenvalue weighted by Gasteiger charge is 2.44. The summed E-state index contributed by atoms with van der Waals surface area (Å²) in [6.07, 6.45) is 5.17. The molecular weight excluding hydrogens is 536 g/mol. The molecule has 1 aliphatic heterocycles. The zero-order valence-electron chi connectivity index (χ0n) is 24.6. The van der Waals surface area contributed by atoms with E-state index in [1.807, 2.05) is 25.3 Å². The molecule has 1 atom stereocenters. The Bertz CT molecular complexity index is 1530. The van der Waals surface area contributed by atoms with Crippen LogP contribution in [0.4, 0.5) is 22.1 Å². The molecule has 220 valence electrons. The van der Waals surface area contributed by atoms with Crippen molar-refractivity contribution >= 4 is 23.4 Å².